The molecule has 1 aromatic carbocycles. The van der Waals surface area contributed by atoms with Gasteiger partial charge in [-0.3, -0.25) is 0 Å². The van der Waals surface area contributed by atoms with Crippen molar-refractivity contribution in [1.82, 2.24) is 0 Å². The Morgan fingerprint density at radius 2 is 2.24 bits per heavy atom. The van der Waals surface area contributed by atoms with E-state index in [1.165, 1.54) is 0 Å². The fraction of sp³-hybridized carbons (Fsp3) is 0.500. The molecule has 4 nitrogen and oxygen atoms in total. The van der Waals surface area contributed by atoms with E-state index in [9.17, 15) is 14.6 Å². The normalized spacial score (nSPS) is 13.3. The lowest BCUT2D eigenvalue weighted by Gasteiger charge is -2.25. The molecule has 0 fully saturated rings. The molecule has 1 aromatic rings. The van der Waals surface area contributed by atoms with Crippen LogP contribution in [-0.2, 0) is 4.57 Å². The summed E-state index contributed by atoms with van der Waals surface area (Å²) in [6.07, 6.45) is -1.02. The number of likely N-dealkylation sites (N-methyl/N-ethyl adjacent to an activating group) is 1. The maximum absolute atomic E-state index is 10.5. The molecule has 0 spiro atoms. The van der Waals surface area contributed by atoms with E-state index in [0.29, 0.717) is 6.54 Å². The van der Waals surface area contributed by atoms with Gasteiger partial charge in [-0.15, -0.1) is 0 Å². The van der Waals surface area contributed by atoms with E-state index < -0.39 is 14.1 Å². The minimum Gasteiger partial charge on any atom is -0.595 e. The Morgan fingerprint density at radius 1 is 1.53 bits per heavy atom. The second-order valence-electron chi connectivity index (χ2n) is 4.05. The van der Waals surface area contributed by atoms with Gasteiger partial charge in [-0.2, -0.15) is 0 Å². The zero-order chi connectivity index (χ0) is 12.8. The Hall–Kier alpha value is -0.960. The summed E-state index contributed by atoms with van der Waals surface area (Å²) in [5, 5.41) is 9.63. The highest BCUT2D eigenvalue weighted by atomic mass is 31.1. The molecule has 0 aliphatic carbocycles. The van der Waals surface area contributed by atoms with Crippen LogP contribution >= 0.6 is 8.03 Å². The van der Waals surface area contributed by atoms with Crippen molar-refractivity contribution >= 4 is 13.7 Å². The quantitative estimate of drug-likeness (QED) is 0.778. The van der Waals surface area contributed by atoms with Gasteiger partial charge in [0.25, 0.3) is 0 Å². The van der Waals surface area contributed by atoms with Crippen LogP contribution in [0.25, 0.3) is 0 Å². The molecule has 94 valence electrons. The molecular weight excluding hydrogens is 237 g/mol. The first kappa shape index (κ1) is 14.1. The third kappa shape index (κ3) is 4.82. The van der Waals surface area contributed by atoms with Crippen molar-refractivity contribution in [2.75, 3.05) is 24.2 Å². The Kier molecular flexibility index (Phi) is 5.56. The van der Waals surface area contributed by atoms with E-state index in [-0.39, 0.29) is 6.16 Å². The fourth-order valence-electron chi connectivity index (χ4n) is 1.73. The summed E-state index contributed by atoms with van der Waals surface area (Å²) in [5.41, 5.74) is 2.15. The third-order valence-electron chi connectivity index (χ3n) is 2.54. The average Bonchev–Trinajstić information content (AvgIpc) is 2.24. The number of nitrogens with zero attached hydrogens (tertiary/aromatic N) is 1. The number of benzene rings is 1. The minimum absolute atomic E-state index is 0.183. The van der Waals surface area contributed by atoms with Gasteiger partial charge in [0, 0.05) is 18.8 Å². The molecule has 0 bridgehead atoms. The van der Waals surface area contributed by atoms with Crippen LogP contribution in [0.5, 0.6) is 0 Å². The lowest BCUT2D eigenvalue weighted by Crippen LogP contribution is -2.34. The Bertz CT molecular complexity index is 384. The minimum atomic E-state index is -2.53. The van der Waals surface area contributed by atoms with Gasteiger partial charge >= 0.3 is 8.03 Å². The monoisotopic (exact) mass is 255 g/mol. The van der Waals surface area contributed by atoms with Crippen LogP contribution in [0.3, 0.4) is 0 Å². The zero-order valence-electron chi connectivity index (χ0n) is 10.2. The first-order valence-electron chi connectivity index (χ1n) is 5.64. The number of aliphatic hydroxyl groups is 1. The molecule has 1 N–H and O–H groups in total. The number of aryl methyl sites for hydroxylation is 1. The standard InChI is InChI=1S/C12H18NO3P/c1-3-13(8-12(14)9-17(15)16)11-6-4-5-10(2)7-11/h4-7,12,14H,3,8-9H2,1-2H3. The third-order valence-corrected chi connectivity index (χ3v) is 3.26. The first-order chi connectivity index (χ1) is 8.02. The Balaban J connectivity index is 2.68. The second kappa shape index (κ2) is 6.70. The van der Waals surface area contributed by atoms with Crippen LogP contribution in [0.2, 0.25) is 0 Å². The maximum atomic E-state index is 10.5. The van der Waals surface area contributed by atoms with Crippen LogP contribution in [0.1, 0.15) is 12.5 Å². The summed E-state index contributed by atoms with van der Waals surface area (Å²) < 4.78 is 10.5. The van der Waals surface area contributed by atoms with Gasteiger partial charge in [0.15, 0.2) is 6.16 Å². The van der Waals surface area contributed by atoms with E-state index >= 15 is 0 Å². The van der Waals surface area contributed by atoms with Gasteiger partial charge in [0.1, 0.15) is 6.10 Å². The largest absolute Gasteiger partial charge is 0.595 e. The lowest BCUT2D eigenvalue weighted by molar-refractivity contribution is -0.165. The van der Waals surface area contributed by atoms with Gasteiger partial charge in [0.05, 0.1) is 0 Å². The summed E-state index contributed by atoms with van der Waals surface area (Å²) in [5.74, 6) is 0. The van der Waals surface area contributed by atoms with Gasteiger partial charge < -0.3 is 14.9 Å². The van der Waals surface area contributed by atoms with Crippen LogP contribution < -0.4 is 9.79 Å². The molecule has 0 amide bonds. The van der Waals surface area contributed by atoms with Gasteiger partial charge in [-0.1, -0.05) is 16.7 Å². The highest BCUT2D eigenvalue weighted by Crippen LogP contribution is 2.17. The molecule has 2 unspecified atom stereocenters. The second-order valence-corrected chi connectivity index (χ2v) is 5.08. The topological polar surface area (TPSA) is 63.6 Å². The molecule has 0 aliphatic rings. The number of anilines is 1. The number of hydrogen-bond donors (Lipinski definition) is 1. The van der Waals surface area contributed by atoms with E-state index in [2.05, 4.69) is 0 Å². The predicted molar refractivity (Wildman–Crippen MR) is 67.5 cm³/mol. The molecule has 0 aromatic heterocycles. The van der Waals surface area contributed by atoms with Crippen molar-refractivity contribution < 1.29 is 14.6 Å². The predicted octanol–water partition coefficient (Wildman–Crippen LogP) is 1.28. The average molecular weight is 255 g/mol. The first-order valence-corrected chi connectivity index (χ1v) is 7.00. The summed E-state index contributed by atoms with van der Waals surface area (Å²) in [6.45, 7) is 5.05. The zero-order valence-corrected chi connectivity index (χ0v) is 11.1. The Labute approximate surface area is 103 Å². The molecule has 1 rings (SSSR count). The van der Waals surface area contributed by atoms with Crippen LogP contribution in [0, 0.1) is 6.92 Å². The highest BCUT2D eigenvalue weighted by molar-refractivity contribution is 7.36. The van der Waals surface area contributed by atoms with Crippen LogP contribution in [0.15, 0.2) is 24.3 Å². The maximum Gasteiger partial charge on any atom is 0.311 e. The summed E-state index contributed by atoms with van der Waals surface area (Å²) in [7, 11) is -2.53. The number of aliphatic hydroxyl groups excluding tert-OH is 1. The SMILES string of the molecule is CCN(CC(O)C[P+](=O)[O-])c1cccc(C)c1. The van der Waals surface area contributed by atoms with Crippen molar-refractivity contribution in [2.45, 2.75) is 20.0 Å². The summed E-state index contributed by atoms with van der Waals surface area (Å²) >= 11 is 0. The van der Waals surface area contributed by atoms with Gasteiger partial charge in [0.2, 0.25) is 0 Å². The van der Waals surface area contributed by atoms with E-state index in [1.807, 2.05) is 43.0 Å². The Morgan fingerprint density at radius 3 is 2.76 bits per heavy atom. The van der Waals surface area contributed by atoms with Crippen LogP contribution in [0.4, 0.5) is 5.69 Å². The molecule has 0 saturated carbocycles. The highest BCUT2D eigenvalue weighted by Gasteiger charge is 2.16. The van der Waals surface area contributed by atoms with Crippen LogP contribution in [-0.4, -0.2) is 30.5 Å². The fourth-order valence-corrected chi connectivity index (χ4v) is 2.19. The van der Waals surface area contributed by atoms with Gasteiger partial charge in [-0.25, -0.2) is 0 Å². The molecule has 0 saturated heterocycles. The lowest BCUT2D eigenvalue weighted by atomic mass is 10.2. The smallest absolute Gasteiger partial charge is 0.311 e. The van der Waals surface area contributed by atoms with E-state index in [0.717, 1.165) is 17.8 Å². The molecule has 17 heavy (non-hydrogen) atoms. The molecule has 0 radical (unpaired) electrons. The molecular formula is C12H18NO3P. The van der Waals surface area contributed by atoms with Crippen molar-refractivity contribution in [2.24, 2.45) is 0 Å². The number of rotatable bonds is 6. The summed E-state index contributed by atoms with van der Waals surface area (Å²) in [6, 6.07) is 7.93. The van der Waals surface area contributed by atoms with Crippen molar-refractivity contribution in [3.8, 4) is 0 Å². The van der Waals surface area contributed by atoms with Crippen molar-refractivity contribution in [1.29, 1.82) is 0 Å². The van der Waals surface area contributed by atoms with E-state index in [1.54, 1.807) is 0 Å². The molecule has 0 heterocycles. The molecule has 0 aliphatic heterocycles. The molecule has 2 atom stereocenters. The van der Waals surface area contributed by atoms with Gasteiger partial charge in [-0.05, 0) is 31.5 Å². The molecule has 5 heteroatoms. The van der Waals surface area contributed by atoms with E-state index in [4.69, 9.17) is 0 Å². The number of hydrogen-bond acceptors (Lipinski definition) is 4. The summed E-state index contributed by atoms with van der Waals surface area (Å²) in [4.78, 5) is 12.5. The van der Waals surface area contributed by atoms with Crippen molar-refractivity contribution in [3.63, 3.8) is 0 Å². The van der Waals surface area contributed by atoms with Crippen molar-refractivity contribution in [3.05, 3.63) is 29.8 Å².